The summed E-state index contributed by atoms with van der Waals surface area (Å²) in [6.07, 6.45) is 0. The smallest absolute Gasteiger partial charge is 0.335 e. The van der Waals surface area contributed by atoms with Crippen molar-refractivity contribution in [2.45, 2.75) is 20.8 Å². The van der Waals surface area contributed by atoms with E-state index in [0.717, 1.165) is 0 Å². The van der Waals surface area contributed by atoms with Gasteiger partial charge in [-0.2, -0.15) is 0 Å². The van der Waals surface area contributed by atoms with Gasteiger partial charge in [0.2, 0.25) is 0 Å². The van der Waals surface area contributed by atoms with Crippen molar-refractivity contribution < 1.29 is 19.5 Å². The van der Waals surface area contributed by atoms with Crippen LogP contribution in [0.25, 0.3) is 0 Å². The molecule has 0 aromatic heterocycles. The lowest BCUT2D eigenvalue weighted by Gasteiger charge is -2.18. The van der Waals surface area contributed by atoms with Crippen molar-refractivity contribution in [3.63, 3.8) is 0 Å². The molecule has 2 N–H and O–H groups in total. The normalized spacial score (nSPS) is 10.3. The zero-order valence-corrected chi connectivity index (χ0v) is 15.1. The van der Waals surface area contributed by atoms with Gasteiger partial charge in [-0.25, -0.2) is 4.79 Å². The van der Waals surface area contributed by atoms with E-state index in [1.807, 2.05) is 13.8 Å². The van der Waals surface area contributed by atoms with Crippen molar-refractivity contribution in [3.8, 4) is 0 Å². The molecule has 2 aromatic rings. The van der Waals surface area contributed by atoms with Crippen molar-refractivity contribution in [3.05, 3.63) is 64.7 Å². The number of carbonyl (C=O) groups excluding carboxylic acids is 2. The molecule has 2 rings (SSSR count). The highest BCUT2D eigenvalue weighted by Crippen LogP contribution is 2.17. The number of carboxylic acids is 1. The average molecular weight is 354 g/mol. The van der Waals surface area contributed by atoms with Crippen molar-refractivity contribution in [2.24, 2.45) is 0 Å². The molecule has 6 nitrogen and oxygen atoms in total. The first-order valence-electron chi connectivity index (χ1n) is 8.42. The Labute approximate surface area is 152 Å². The monoisotopic (exact) mass is 354 g/mol. The molecule has 0 aliphatic carbocycles. The molecule has 26 heavy (non-hydrogen) atoms. The fraction of sp³-hybridized carbons (Fsp3) is 0.250. The van der Waals surface area contributed by atoms with Crippen LogP contribution < -0.4 is 5.32 Å². The van der Waals surface area contributed by atoms with Crippen molar-refractivity contribution in [1.82, 2.24) is 4.90 Å². The summed E-state index contributed by atoms with van der Waals surface area (Å²) in [6.45, 7) is 6.76. The third-order valence-corrected chi connectivity index (χ3v) is 4.16. The molecule has 0 heterocycles. The number of anilines is 1. The lowest BCUT2D eigenvalue weighted by atomic mass is 10.1. The highest BCUT2D eigenvalue weighted by atomic mass is 16.4. The van der Waals surface area contributed by atoms with Gasteiger partial charge in [-0.3, -0.25) is 9.59 Å². The summed E-state index contributed by atoms with van der Waals surface area (Å²) in [7, 11) is 0. The number of hydrogen-bond donors (Lipinski definition) is 2. The molecule has 2 amide bonds. The largest absolute Gasteiger partial charge is 0.478 e. The summed E-state index contributed by atoms with van der Waals surface area (Å²) in [6, 6.07) is 11.1. The Bertz CT molecular complexity index is 824. The number of amides is 2. The van der Waals surface area contributed by atoms with E-state index in [4.69, 9.17) is 5.11 Å². The van der Waals surface area contributed by atoms with Crippen LogP contribution in [0.15, 0.2) is 42.5 Å². The number of benzene rings is 2. The maximum atomic E-state index is 12.3. The van der Waals surface area contributed by atoms with Gasteiger partial charge in [0, 0.05) is 29.9 Å². The first-order valence-corrected chi connectivity index (χ1v) is 8.42. The molecule has 0 saturated carbocycles. The predicted molar refractivity (Wildman–Crippen MR) is 99.8 cm³/mol. The van der Waals surface area contributed by atoms with Crippen LogP contribution in [0, 0.1) is 6.92 Å². The Morgan fingerprint density at radius 3 is 2.04 bits per heavy atom. The first-order chi connectivity index (χ1) is 12.4. The molecule has 0 bridgehead atoms. The molecule has 0 aliphatic heterocycles. The molecule has 0 saturated heterocycles. The standard InChI is InChI=1S/C20H22N2O4/c1-4-22(5-2)19(24)15-8-6-14(7-9-15)18(23)21-16-10-11-17(20(25)26)13(3)12-16/h6-12H,4-5H2,1-3H3,(H,21,23)(H,25,26). The van der Waals surface area contributed by atoms with E-state index in [9.17, 15) is 14.4 Å². The molecule has 0 radical (unpaired) electrons. The van der Waals surface area contributed by atoms with Gasteiger partial charge in [0.15, 0.2) is 0 Å². The Balaban J connectivity index is 2.12. The molecule has 0 fully saturated rings. The average Bonchev–Trinajstić information content (AvgIpc) is 2.62. The van der Waals surface area contributed by atoms with Gasteiger partial charge in [0.05, 0.1) is 5.56 Å². The summed E-state index contributed by atoms with van der Waals surface area (Å²) < 4.78 is 0. The van der Waals surface area contributed by atoms with Gasteiger partial charge in [-0.05, 0) is 68.8 Å². The SMILES string of the molecule is CCN(CC)C(=O)c1ccc(C(=O)Nc2ccc(C(=O)O)c(C)c2)cc1. The fourth-order valence-electron chi connectivity index (χ4n) is 2.64. The molecule has 6 heteroatoms. The summed E-state index contributed by atoms with van der Waals surface area (Å²) in [5.41, 5.74) is 2.23. The topological polar surface area (TPSA) is 86.7 Å². The highest BCUT2D eigenvalue weighted by Gasteiger charge is 2.14. The van der Waals surface area contributed by atoms with Crippen LogP contribution in [0.3, 0.4) is 0 Å². The second-order valence-electron chi connectivity index (χ2n) is 5.84. The van der Waals surface area contributed by atoms with Crippen LogP contribution in [0.5, 0.6) is 0 Å². The third-order valence-electron chi connectivity index (χ3n) is 4.16. The third kappa shape index (κ3) is 4.27. The minimum Gasteiger partial charge on any atom is -0.478 e. The number of carboxylic acid groups (broad SMARTS) is 1. The van der Waals surface area contributed by atoms with E-state index in [0.29, 0.717) is 35.5 Å². The van der Waals surface area contributed by atoms with Crippen molar-refractivity contribution in [2.75, 3.05) is 18.4 Å². The van der Waals surface area contributed by atoms with Crippen LogP contribution >= 0.6 is 0 Å². The zero-order chi connectivity index (χ0) is 19.3. The Morgan fingerprint density at radius 2 is 1.54 bits per heavy atom. The first kappa shape index (κ1) is 19.2. The quantitative estimate of drug-likeness (QED) is 0.832. The lowest BCUT2D eigenvalue weighted by molar-refractivity contribution is 0.0695. The number of rotatable bonds is 6. The predicted octanol–water partition coefficient (Wildman–Crippen LogP) is 3.43. The van der Waals surface area contributed by atoms with E-state index in [1.165, 1.54) is 6.07 Å². The number of aryl methyl sites for hydroxylation is 1. The summed E-state index contributed by atoms with van der Waals surface area (Å²) >= 11 is 0. The van der Waals surface area contributed by atoms with Gasteiger partial charge in [0.1, 0.15) is 0 Å². The van der Waals surface area contributed by atoms with Gasteiger partial charge < -0.3 is 15.3 Å². The van der Waals surface area contributed by atoms with Crippen LogP contribution in [0.1, 0.15) is 50.5 Å². The van der Waals surface area contributed by atoms with Crippen molar-refractivity contribution >= 4 is 23.5 Å². The summed E-state index contributed by atoms with van der Waals surface area (Å²) in [5.74, 6) is -1.40. The van der Waals surface area contributed by atoms with E-state index >= 15 is 0 Å². The summed E-state index contributed by atoms with van der Waals surface area (Å²) in [5, 5.41) is 11.8. The van der Waals surface area contributed by atoms with Crippen LogP contribution in [-0.2, 0) is 0 Å². The van der Waals surface area contributed by atoms with Crippen LogP contribution in [-0.4, -0.2) is 40.9 Å². The van der Waals surface area contributed by atoms with Gasteiger partial charge in [-0.15, -0.1) is 0 Å². The molecular formula is C20H22N2O4. The second-order valence-corrected chi connectivity index (χ2v) is 5.84. The van der Waals surface area contributed by atoms with Crippen LogP contribution in [0.4, 0.5) is 5.69 Å². The van der Waals surface area contributed by atoms with Gasteiger partial charge >= 0.3 is 5.97 Å². The number of nitrogens with zero attached hydrogens (tertiary/aromatic N) is 1. The van der Waals surface area contributed by atoms with Gasteiger partial charge in [-0.1, -0.05) is 0 Å². The highest BCUT2D eigenvalue weighted by molar-refractivity contribution is 6.05. The molecule has 0 atom stereocenters. The maximum Gasteiger partial charge on any atom is 0.335 e. The fourth-order valence-corrected chi connectivity index (χ4v) is 2.64. The maximum absolute atomic E-state index is 12.3. The van der Waals surface area contributed by atoms with E-state index in [2.05, 4.69) is 5.32 Å². The Kier molecular flexibility index (Phi) is 6.11. The molecule has 2 aromatic carbocycles. The second kappa shape index (κ2) is 8.29. The lowest BCUT2D eigenvalue weighted by Crippen LogP contribution is -2.30. The van der Waals surface area contributed by atoms with E-state index in [-0.39, 0.29) is 17.4 Å². The minimum absolute atomic E-state index is 0.0677. The molecule has 0 unspecified atom stereocenters. The number of nitrogens with one attached hydrogen (secondary N) is 1. The summed E-state index contributed by atoms with van der Waals surface area (Å²) in [4.78, 5) is 37.4. The number of hydrogen-bond acceptors (Lipinski definition) is 3. The van der Waals surface area contributed by atoms with E-state index < -0.39 is 5.97 Å². The molecule has 0 aliphatic rings. The number of aromatic carboxylic acids is 1. The zero-order valence-electron chi connectivity index (χ0n) is 15.1. The molecule has 136 valence electrons. The number of carbonyl (C=O) groups is 3. The Morgan fingerprint density at radius 1 is 0.962 bits per heavy atom. The molecule has 0 spiro atoms. The Hall–Kier alpha value is -3.15. The minimum atomic E-state index is -1.01. The van der Waals surface area contributed by atoms with Crippen molar-refractivity contribution in [1.29, 1.82) is 0 Å². The van der Waals surface area contributed by atoms with Gasteiger partial charge in [0.25, 0.3) is 11.8 Å². The van der Waals surface area contributed by atoms with E-state index in [1.54, 1.807) is 48.2 Å². The molecular weight excluding hydrogens is 332 g/mol. The van der Waals surface area contributed by atoms with Crippen LogP contribution in [0.2, 0.25) is 0 Å².